The Morgan fingerprint density at radius 1 is 0.894 bits per heavy atom. The number of halogens is 8. The first-order valence-electron chi connectivity index (χ1n) is 15.2. The summed E-state index contributed by atoms with van der Waals surface area (Å²) in [5.41, 5.74) is -9.66. The van der Waals surface area contributed by atoms with Crippen LogP contribution in [0.5, 0.6) is 0 Å². The number of aliphatic carboxylic acids is 1. The molecule has 0 radical (unpaired) electrons. The Labute approximate surface area is 266 Å². The lowest BCUT2D eigenvalue weighted by Crippen LogP contribution is -2.56. The summed E-state index contributed by atoms with van der Waals surface area (Å²) in [6, 6.07) is 5.93. The summed E-state index contributed by atoms with van der Waals surface area (Å²) in [4.78, 5) is 26.1. The third-order valence-electron chi connectivity index (χ3n) is 10.2. The van der Waals surface area contributed by atoms with E-state index in [0.717, 1.165) is 16.5 Å². The number of carbonyl (C=O) groups is 2. The molecule has 2 atom stereocenters. The average Bonchev–Trinajstić information content (AvgIpc) is 3.40. The van der Waals surface area contributed by atoms with Gasteiger partial charge in [0.2, 0.25) is 0 Å². The van der Waals surface area contributed by atoms with E-state index in [2.05, 4.69) is 0 Å². The van der Waals surface area contributed by atoms with Gasteiger partial charge in [0.15, 0.2) is 15.5 Å². The van der Waals surface area contributed by atoms with E-state index in [0.29, 0.717) is 6.07 Å². The Morgan fingerprint density at radius 2 is 1.47 bits per heavy atom. The number of benzene rings is 2. The molecule has 1 heterocycles. The van der Waals surface area contributed by atoms with Gasteiger partial charge in [-0.1, -0.05) is 44.2 Å². The van der Waals surface area contributed by atoms with Crippen LogP contribution in [0.1, 0.15) is 80.5 Å². The van der Waals surface area contributed by atoms with Crippen LogP contribution < -0.4 is 0 Å². The van der Waals surface area contributed by atoms with Gasteiger partial charge in [0, 0.05) is 12.1 Å². The number of hydrogen-bond acceptors (Lipinski definition) is 4. The Hall–Kier alpha value is -3.23. The fourth-order valence-electron chi connectivity index (χ4n) is 7.51. The van der Waals surface area contributed by atoms with Gasteiger partial charge < -0.3 is 10.0 Å². The lowest BCUT2D eigenvalue weighted by Gasteiger charge is -2.44. The van der Waals surface area contributed by atoms with Crippen LogP contribution in [-0.4, -0.2) is 60.9 Å². The monoisotopic (exact) mass is 695 g/mol. The predicted octanol–water partition coefficient (Wildman–Crippen LogP) is 7.30. The second kappa shape index (κ2) is 11.4. The van der Waals surface area contributed by atoms with Crippen LogP contribution in [0.3, 0.4) is 0 Å². The number of carboxylic acids is 1. The van der Waals surface area contributed by atoms with Crippen molar-refractivity contribution in [2.45, 2.75) is 104 Å². The molecule has 258 valence electrons. The molecule has 1 aliphatic heterocycles. The number of carbonyl (C=O) groups excluding carboxylic acids is 1. The highest BCUT2D eigenvalue weighted by Gasteiger charge is 2.74. The van der Waals surface area contributed by atoms with Crippen LogP contribution in [0, 0.1) is 5.92 Å². The summed E-state index contributed by atoms with van der Waals surface area (Å²) < 4.78 is 140. The Morgan fingerprint density at radius 3 is 1.98 bits per heavy atom. The summed E-state index contributed by atoms with van der Waals surface area (Å²) in [6.07, 6.45) is -14.8. The van der Waals surface area contributed by atoms with Gasteiger partial charge >= 0.3 is 24.0 Å². The second-order valence-electron chi connectivity index (χ2n) is 13.0. The SMILES string of the molecule is CC(C)c1ccc(S(=O)(=O)C23CCN(C(=O)C4(F)CCC(C(=O)O)CC4)C2CCc2cc(C(F)(C(F)(F)F)C(F)(F)F)ccc23)cc1. The molecule has 0 spiro atoms. The molecule has 1 N–H and O–H groups in total. The first-order chi connectivity index (χ1) is 21.6. The highest BCUT2D eigenvalue weighted by atomic mass is 32.2. The van der Waals surface area contributed by atoms with Crippen molar-refractivity contribution in [3.05, 3.63) is 64.7 Å². The molecule has 5 rings (SSSR count). The normalized spacial score (nSPS) is 27.0. The van der Waals surface area contributed by atoms with E-state index in [9.17, 15) is 49.5 Å². The van der Waals surface area contributed by atoms with Crippen LogP contribution in [0.4, 0.5) is 35.1 Å². The van der Waals surface area contributed by atoms with Crippen molar-refractivity contribution in [3.8, 4) is 0 Å². The minimum atomic E-state index is -6.38. The van der Waals surface area contributed by atoms with Crippen LogP contribution in [0.2, 0.25) is 0 Å². The van der Waals surface area contributed by atoms with E-state index in [1.165, 1.54) is 12.1 Å². The summed E-state index contributed by atoms with van der Waals surface area (Å²) in [6.45, 7) is 3.44. The molecule has 47 heavy (non-hydrogen) atoms. The number of alkyl halides is 8. The van der Waals surface area contributed by atoms with E-state index in [4.69, 9.17) is 0 Å². The summed E-state index contributed by atoms with van der Waals surface area (Å²) in [7, 11) is -4.59. The molecule has 6 nitrogen and oxygen atoms in total. The molecular formula is C32H33F8NO5S. The van der Waals surface area contributed by atoms with Crippen molar-refractivity contribution in [1.29, 1.82) is 0 Å². The maximum atomic E-state index is 16.2. The average molecular weight is 696 g/mol. The standard InChI is InChI=1S/C32H33F8NO5S/c1-18(2)19-3-7-23(8-4-19)47(45,46)29-15-16-41(27(44)28(33)13-11-20(12-14-28)26(42)43)25(29)10-5-21-17-22(6-9-24(21)29)30(34,31(35,36)37)32(38,39)40/h3-4,6-9,17-18,20,25H,5,10-16H2,1-2H3,(H,42,43). The van der Waals surface area contributed by atoms with Gasteiger partial charge in [-0.2, -0.15) is 26.3 Å². The zero-order chi connectivity index (χ0) is 35.0. The topological polar surface area (TPSA) is 91.8 Å². The third kappa shape index (κ3) is 5.30. The summed E-state index contributed by atoms with van der Waals surface area (Å²) in [5, 5.41) is 9.31. The summed E-state index contributed by atoms with van der Waals surface area (Å²) >= 11 is 0. The van der Waals surface area contributed by atoms with Gasteiger partial charge in [0.25, 0.3) is 5.91 Å². The Bertz CT molecular complexity index is 1650. The summed E-state index contributed by atoms with van der Waals surface area (Å²) in [5.74, 6) is -3.02. The van der Waals surface area contributed by atoms with Crippen molar-refractivity contribution in [1.82, 2.24) is 4.90 Å². The van der Waals surface area contributed by atoms with Crippen molar-refractivity contribution in [3.63, 3.8) is 0 Å². The van der Waals surface area contributed by atoms with E-state index < -0.39 is 80.5 Å². The van der Waals surface area contributed by atoms with Crippen LogP contribution >= 0.6 is 0 Å². The number of nitrogens with zero attached hydrogens (tertiary/aromatic N) is 1. The molecule has 2 unspecified atom stereocenters. The molecule has 2 fully saturated rings. The molecule has 1 amide bonds. The molecule has 3 aliphatic rings. The highest BCUT2D eigenvalue weighted by molar-refractivity contribution is 7.92. The molecule has 2 aromatic rings. The number of likely N-dealkylation sites (tertiary alicyclic amines) is 1. The molecule has 1 saturated heterocycles. The molecule has 1 saturated carbocycles. The number of sulfone groups is 1. The molecular weight excluding hydrogens is 662 g/mol. The van der Waals surface area contributed by atoms with Crippen LogP contribution in [0.25, 0.3) is 0 Å². The molecule has 0 bridgehead atoms. The predicted molar refractivity (Wildman–Crippen MR) is 153 cm³/mol. The minimum Gasteiger partial charge on any atom is -0.481 e. The maximum absolute atomic E-state index is 16.2. The van der Waals surface area contributed by atoms with Gasteiger partial charge in [-0.25, -0.2) is 17.2 Å². The highest BCUT2D eigenvalue weighted by Crippen LogP contribution is 2.57. The van der Waals surface area contributed by atoms with E-state index in [1.807, 2.05) is 13.8 Å². The lowest BCUT2D eigenvalue weighted by atomic mass is 9.76. The van der Waals surface area contributed by atoms with Crippen molar-refractivity contribution in [2.75, 3.05) is 6.54 Å². The number of rotatable bonds is 6. The fourth-order valence-corrected chi connectivity index (χ4v) is 9.88. The number of amides is 1. The minimum absolute atomic E-state index is 0.0197. The van der Waals surface area contributed by atoms with Crippen LogP contribution in [-0.2, 0) is 36.3 Å². The number of aryl methyl sites for hydroxylation is 1. The maximum Gasteiger partial charge on any atom is 0.435 e. The molecule has 15 heteroatoms. The third-order valence-corrected chi connectivity index (χ3v) is 12.7. The largest absolute Gasteiger partial charge is 0.481 e. The quantitative estimate of drug-likeness (QED) is 0.321. The molecule has 0 aromatic heterocycles. The van der Waals surface area contributed by atoms with Crippen molar-refractivity contribution < 1.29 is 58.2 Å². The fraction of sp³-hybridized carbons (Fsp3) is 0.562. The van der Waals surface area contributed by atoms with Gasteiger partial charge in [-0.15, -0.1) is 0 Å². The molecule has 2 aliphatic carbocycles. The van der Waals surface area contributed by atoms with Gasteiger partial charge in [-0.3, -0.25) is 9.59 Å². The van der Waals surface area contributed by atoms with Gasteiger partial charge in [0.05, 0.1) is 16.9 Å². The van der Waals surface area contributed by atoms with E-state index in [-0.39, 0.29) is 66.7 Å². The number of fused-ring (bicyclic) bond motifs is 3. The van der Waals surface area contributed by atoms with Crippen molar-refractivity contribution in [2.24, 2.45) is 5.92 Å². The van der Waals surface area contributed by atoms with Gasteiger partial charge in [-0.05, 0) is 79.7 Å². The smallest absolute Gasteiger partial charge is 0.435 e. The zero-order valence-corrected chi connectivity index (χ0v) is 26.2. The lowest BCUT2D eigenvalue weighted by molar-refractivity contribution is -0.348. The van der Waals surface area contributed by atoms with E-state index in [1.54, 1.807) is 12.1 Å². The zero-order valence-electron chi connectivity index (χ0n) is 25.4. The van der Waals surface area contributed by atoms with Gasteiger partial charge in [0.1, 0.15) is 4.75 Å². The number of carboxylic acid groups (broad SMARTS) is 1. The van der Waals surface area contributed by atoms with E-state index >= 15 is 8.78 Å². The number of hydrogen-bond donors (Lipinski definition) is 1. The Kier molecular flexibility index (Phi) is 8.54. The molecule has 2 aromatic carbocycles. The first-order valence-corrected chi connectivity index (χ1v) is 16.6. The second-order valence-corrected chi connectivity index (χ2v) is 15.2. The van der Waals surface area contributed by atoms with Crippen LogP contribution in [0.15, 0.2) is 47.4 Å². The first kappa shape index (κ1) is 35.1. The van der Waals surface area contributed by atoms with Crippen molar-refractivity contribution >= 4 is 21.7 Å². The Balaban J connectivity index is 1.65.